The summed E-state index contributed by atoms with van der Waals surface area (Å²) in [4.78, 5) is 31.6. The maximum atomic E-state index is 10.9. The van der Waals surface area contributed by atoms with Crippen LogP contribution in [0.2, 0.25) is 0 Å². The van der Waals surface area contributed by atoms with E-state index in [2.05, 4.69) is 14.2 Å². The van der Waals surface area contributed by atoms with Gasteiger partial charge in [-0.25, -0.2) is 9.59 Å². The topological polar surface area (TPSA) is 103 Å². The second-order valence-corrected chi connectivity index (χ2v) is 3.26. The van der Waals surface area contributed by atoms with Crippen LogP contribution in [0.15, 0.2) is 0 Å². The van der Waals surface area contributed by atoms with E-state index in [1.807, 2.05) is 0 Å². The van der Waals surface area contributed by atoms with Gasteiger partial charge < -0.3 is 24.4 Å². The highest BCUT2D eigenvalue weighted by Crippen LogP contribution is 2.07. The standard InChI is InChI=1S/C9H13NO6/c1-9(2,6-10)16-8(13)15-7(12)14-5-3-4-11/h4,6,10H,3,5H2,1-2H3. The van der Waals surface area contributed by atoms with Gasteiger partial charge in [0.25, 0.3) is 0 Å². The molecule has 0 aromatic rings. The molecule has 0 aliphatic rings. The van der Waals surface area contributed by atoms with Gasteiger partial charge in [-0.15, -0.1) is 0 Å². The molecular weight excluding hydrogens is 218 g/mol. The molecule has 7 nitrogen and oxygen atoms in total. The van der Waals surface area contributed by atoms with Gasteiger partial charge in [0, 0.05) is 12.6 Å². The summed E-state index contributed by atoms with van der Waals surface area (Å²) in [5.41, 5.74) is -1.15. The molecule has 0 heterocycles. The van der Waals surface area contributed by atoms with Crippen LogP contribution in [-0.4, -0.2) is 37.0 Å². The van der Waals surface area contributed by atoms with Crippen LogP contribution in [0.25, 0.3) is 0 Å². The van der Waals surface area contributed by atoms with Crippen LogP contribution >= 0.6 is 0 Å². The lowest BCUT2D eigenvalue weighted by Gasteiger charge is -2.17. The number of hydrogen-bond donors (Lipinski definition) is 1. The molecule has 0 fully saturated rings. The minimum Gasteiger partial charge on any atom is -0.433 e. The zero-order chi connectivity index (χ0) is 12.6. The maximum absolute atomic E-state index is 10.9. The summed E-state index contributed by atoms with van der Waals surface area (Å²) < 4.78 is 13.0. The second-order valence-electron chi connectivity index (χ2n) is 3.26. The van der Waals surface area contributed by atoms with Crippen LogP contribution in [0, 0.1) is 5.41 Å². The first-order valence-corrected chi connectivity index (χ1v) is 4.44. The van der Waals surface area contributed by atoms with Crippen molar-refractivity contribution in [1.82, 2.24) is 0 Å². The van der Waals surface area contributed by atoms with Crippen molar-refractivity contribution in [2.24, 2.45) is 0 Å². The Morgan fingerprint density at radius 3 is 2.44 bits per heavy atom. The lowest BCUT2D eigenvalue weighted by molar-refractivity contribution is -0.108. The first-order chi connectivity index (χ1) is 7.41. The van der Waals surface area contributed by atoms with E-state index in [9.17, 15) is 14.4 Å². The molecule has 0 aromatic heterocycles. The molecule has 0 aromatic carbocycles. The van der Waals surface area contributed by atoms with Crippen LogP contribution in [0.1, 0.15) is 20.3 Å². The predicted molar refractivity (Wildman–Crippen MR) is 52.5 cm³/mol. The van der Waals surface area contributed by atoms with Crippen molar-refractivity contribution in [3.63, 3.8) is 0 Å². The molecule has 0 aliphatic carbocycles. The van der Waals surface area contributed by atoms with Gasteiger partial charge in [0.1, 0.15) is 18.5 Å². The Bertz CT molecular complexity index is 286. The van der Waals surface area contributed by atoms with Crippen molar-refractivity contribution in [1.29, 1.82) is 5.41 Å². The molecule has 0 saturated heterocycles. The van der Waals surface area contributed by atoms with Gasteiger partial charge in [0.2, 0.25) is 0 Å². The van der Waals surface area contributed by atoms with Crippen LogP contribution in [0.3, 0.4) is 0 Å². The average Bonchev–Trinajstić information content (AvgIpc) is 2.17. The second kappa shape index (κ2) is 6.54. The molecule has 0 amide bonds. The number of carbonyl (C=O) groups is 3. The number of hydrogen-bond acceptors (Lipinski definition) is 7. The normalized spacial score (nSPS) is 10.1. The van der Waals surface area contributed by atoms with E-state index < -0.39 is 17.9 Å². The average molecular weight is 231 g/mol. The van der Waals surface area contributed by atoms with E-state index in [4.69, 9.17) is 5.41 Å². The van der Waals surface area contributed by atoms with E-state index in [1.165, 1.54) is 13.8 Å². The molecular formula is C9H13NO6. The molecule has 16 heavy (non-hydrogen) atoms. The third-order valence-electron chi connectivity index (χ3n) is 1.32. The molecule has 0 saturated carbocycles. The Balaban J connectivity index is 3.91. The largest absolute Gasteiger partial charge is 0.519 e. The van der Waals surface area contributed by atoms with Gasteiger partial charge >= 0.3 is 12.3 Å². The van der Waals surface area contributed by atoms with Gasteiger partial charge in [-0.05, 0) is 13.8 Å². The highest BCUT2D eigenvalue weighted by atomic mass is 16.8. The summed E-state index contributed by atoms with van der Waals surface area (Å²) >= 11 is 0. The Morgan fingerprint density at radius 1 is 1.31 bits per heavy atom. The summed E-state index contributed by atoms with van der Waals surface area (Å²) in [6, 6.07) is 0. The van der Waals surface area contributed by atoms with Gasteiger partial charge in [-0.3, -0.25) is 0 Å². The number of ether oxygens (including phenoxy) is 3. The summed E-state index contributed by atoms with van der Waals surface area (Å²) in [5.74, 6) is 0. The molecule has 0 aliphatic heterocycles. The van der Waals surface area contributed by atoms with E-state index in [1.54, 1.807) is 0 Å². The third kappa shape index (κ3) is 6.52. The quantitative estimate of drug-likeness (QED) is 0.251. The van der Waals surface area contributed by atoms with Gasteiger partial charge in [-0.2, -0.15) is 0 Å². The summed E-state index contributed by atoms with van der Waals surface area (Å²) in [7, 11) is 0. The third-order valence-corrected chi connectivity index (χ3v) is 1.32. The van der Waals surface area contributed by atoms with Crippen LogP contribution < -0.4 is 0 Å². The zero-order valence-electron chi connectivity index (χ0n) is 9.02. The molecule has 0 bridgehead atoms. The minimum atomic E-state index is -1.26. The molecule has 0 atom stereocenters. The molecule has 0 rings (SSSR count). The van der Waals surface area contributed by atoms with Crippen molar-refractivity contribution in [2.75, 3.05) is 6.61 Å². The zero-order valence-corrected chi connectivity index (χ0v) is 9.02. The number of rotatable bonds is 5. The highest BCUT2D eigenvalue weighted by molar-refractivity contribution is 5.79. The maximum Gasteiger partial charge on any atom is 0.519 e. The van der Waals surface area contributed by atoms with Crippen LogP contribution in [-0.2, 0) is 19.0 Å². The van der Waals surface area contributed by atoms with E-state index in [0.29, 0.717) is 6.29 Å². The number of aldehydes is 1. The first kappa shape index (κ1) is 14.1. The number of carbonyl (C=O) groups excluding carboxylic acids is 3. The van der Waals surface area contributed by atoms with Crippen molar-refractivity contribution in [3.8, 4) is 0 Å². The van der Waals surface area contributed by atoms with E-state index in [-0.39, 0.29) is 13.0 Å². The number of nitrogens with one attached hydrogen (secondary N) is 1. The lowest BCUT2D eigenvalue weighted by atomic mass is 10.2. The molecule has 7 heteroatoms. The SMILES string of the molecule is CC(C)(C=N)OC(=O)OC(=O)OCCC=O. The smallest absolute Gasteiger partial charge is 0.433 e. The van der Waals surface area contributed by atoms with Crippen molar-refractivity contribution in [2.45, 2.75) is 25.9 Å². The van der Waals surface area contributed by atoms with Crippen LogP contribution in [0.5, 0.6) is 0 Å². The van der Waals surface area contributed by atoms with Crippen molar-refractivity contribution >= 4 is 24.8 Å². The molecule has 0 unspecified atom stereocenters. The fraction of sp³-hybridized carbons (Fsp3) is 0.556. The van der Waals surface area contributed by atoms with Crippen molar-refractivity contribution in [3.05, 3.63) is 0 Å². The fourth-order valence-corrected chi connectivity index (χ4v) is 0.553. The van der Waals surface area contributed by atoms with Gasteiger partial charge in [-0.1, -0.05) is 0 Å². The molecule has 0 spiro atoms. The Morgan fingerprint density at radius 2 is 1.94 bits per heavy atom. The monoisotopic (exact) mass is 231 g/mol. The minimum absolute atomic E-state index is 0.0239. The Hall–Kier alpha value is -1.92. The highest BCUT2D eigenvalue weighted by Gasteiger charge is 2.23. The fourth-order valence-electron chi connectivity index (χ4n) is 0.553. The molecule has 90 valence electrons. The Labute approximate surface area is 92.2 Å². The summed E-state index contributed by atoms with van der Waals surface area (Å²) in [6.07, 6.45) is -1.04. The molecule has 0 radical (unpaired) electrons. The van der Waals surface area contributed by atoms with Crippen LogP contribution in [0.4, 0.5) is 9.59 Å². The van der Waals surface area contributed by atoms with Crippen molar-refractivity contribution < 1.29 is 28.6 Å². The predicted octanol–water partition coefficient (Wildman–Crippen LogP) is 1.29. The van der Waals surface area contributed by atoms with E-state index >= 15 is 0 Å². The summed E-state index contributed by atoms with van der Waals surface area (Å²) in [5, 5.41) is 6.90. The van der Waals surface area contributed by atoms with Gasteiger partial charge in [0.15, 0.2) is 0 Å². The summed E-state index contributed by atoms with van der Waals surface area (Å²) in [6.45, 7) is 2.72. The van der Waals surface area contributed by atoms with Gasteiger partial charge in [0.05, 0.1) is 0 Å². The Kier molecular flexibility index (Phi) is 5.76. The first-order valence-electron chi connectivity index (χ1n) is 4.44. The molecule has 1 N–H and O–H groups in total. The lowest BCUT2D eigenvalue weighted by Crippen LogP contribution is -2.30. The van der Waals surface area contributed by atoms with E-state index in [0.717, 1.165) is 6.21 Å².